The smallest absolute Gasteiger partial charge is 0.251 e. The average Bonchev–Trinajstić information content (AvgIpc) is 2.98. The first-order valence-electron chi connectivity index (χ1n) is 8.14. The summed E-state index contributed by atoms with van der Waals surface area (Å²) >= 11 is 0. The summed E-state index contributed by atoms with van der Waals surface area (Å²) in [5.74, 6) is 1.12. The zero-order valence-corrected chi connectivity index (χ0v) is 12.4. The lowest BCUT2D eigenvalue weighted by atomic mass is 9.96. The number of hydrogen-bond acceptors (Lipinski definition) is 4. The van der Waals surface area contributed by atoms with Gasteiger partial charge in [-0.15, -0.1) is 0 Å². The van der Waals surface area contributed by atoms with Gasteiger partial charge < -0.3 is 10.2 Å². The number of oxazole rings is 1. The van der Waals surface area contributed by atoms with E-state index in [1.807, 2.05) is 6.07 Å². The van der Waals surface area contributed by atoms with Crippen molar-refractivity contribution < 1.29 is 9.21 Å². The molecule has 5 heteroatoms. The Morgan fingerprint density at radius 1 is 1.36 bits per heavy atom. The van der Waals surface area contributed by atoms with Crippen molar-refractivity contribution in [2.24, 2.45) is 11.7 Å². The Morgan fingerprint density at radius 3 is 2.95 bits per heavy atom. The lowest BCUT2D eigenvalue weighted by Gasteiger charge is -2.36. The van der Waals surface area contributed by atoms with Crippen LogP contribution in [0.5, 0.6) is 0 Å². The van der Waals surface area contributed by atoms with Crippen LogP contribution in [0.25, 0.3) is 11.1 Å². The van der Waals surface area contributed by atoms with Crippen molar-refractivity contribution in [2.45, 2.75) is 43.7 Å². The Balaban J connectivity index is 1.67. The number of amides is 1. The van der Waals surface area contributed by atoms with Crippen molar-refractivity contribution in [1.29, 1.82) is 0 Å². The SMILES string of the molecule is NC(=O)c1cccc2oc([C@]34CC[C@H](CN3C3CC3)C4)nc12. The molecule has 2 aromatic rings. The summed E-state index contributed by atoms with van der Waals surface area (Å²) in [6.07, 6.45) is 6.10. The third-order valence-corrected chi connectivity index (χ3v) is 5.67. The summed E-state index contributed by atoms with van der Waals surface area (Å²) in [6.45, 7) is 1.17. The van der Waals surface area contributed by atoms with Gasteiger partial charge in [-0.2, -0.15) is 0 Å². The van der Waals surface area contributed by atoms with Crippen LogP contribution in [0.4, 0.5) is 0 Å². The van der Waals surface area contributed by atoms with Gasteiger partial charge in [-0.25, -0.2) is 4.98 Å². The number of fused-ring (bicyclic) bond motifs is 3. The van der Waals surface area contributed by atoms with E-state index in [4.69, 9.17) is 15.1 Å². The summed E-state index contributed by atoms with van der Waals surface area (Å²) in [7, 11) is 0. The molecule has 2 bridgehead atoms. The predicted octanol–water partition coefficient (Wildman–Crippen LogP) is 2.40. The van der Waals surface area contributed by atoms with Crippen molar-refractivity contribution in [3.05, 3.63) is 29.7 Å². The van der Waals surface area contributed by atoms with Crippen LogP contribution in [0.15, 0.2) is 22.6 Å². The molecule has 22 heavy (non-hydrogen) atoms. The monoisotopic (exact) mass is 297 g/mol. The van der Waals surface area contributed by atoms with Gasteiger partial charge in [0.25, 0.3) is 5.91 Å². The Hall–Kier alpha value is -1.88. The first-order valence-corrected chi connectivity index (χ1v) is 8.14. The number of carbonyl (C=O) groups is 1. The van der Waals surface area contributed by atoms with Crippen molar-refractivity contribution in [3.8, 4) is 0 Å². The number of piperidine rings is 1. The fourth-order valence-corrected chi connectivity index (χ4v) is 4.54. The average molecular weight is 297 g/mol. The molecule has 2 aliphatic carbocycles. The summed E-state index contributed by atoms with van der Waals surface area (Å²) in [5.41, 5.74) is 7.17. The van der Waals surface area contributed by atoms with Crippen LogP contribution < -0.4 is 5.73 Å². The molecular weight excluding hydrogens is 278 g/mol. The van der Waals surface area contributed by atoms with Crippen LogP contribution in [-0.2, 0) is 5.54 Å². The Kier molecular flexibility index (Phi) is 2.36. The molecule has 2 heterocycles. The van der Waals surface area contributed by atoms with Gasteiger partial charge in [0.2, 0.25) is 5.89 Å². The number of rotatable bonds is 3. The highest BCUT2D eigenvalue weighted by Crippen LogP contribution is 2.56. The summed E-state index contributed by atoms with van der Waals surface area (Å²) < 4.78 is 6.11. The zero-order valence-electron chi connectivity index (χ0n) is 12.4. The Bertz CT molecular complexity index is 779. The fourth-order valence-electron chi connectivity index (χ4n) is 4.54. The second-order valence-electron chi connectivity index (χ2n) is 7.06. The van der Waals surface area contributed by atoms with E-state index in [2.05, 4.69) is 4.90 Å². The highest BCUT2D eigenvalue weighted by Gasteiger charge is 2.58. The topological polar surface area (TPSA) is 72.4 Å². The molecule has 0 radical (unpaired) electrons. The molecule has 0 spiro atoms. The minimum atomic E-state index is -0.447. The first kappa shape index (κ1) is 12.6. The van der Waals surface area contributed by atoms with Crippen molar-refractivity contribution in [1.82, 2.24) is 9.88 Å². The number of nitrogens with two attached hydrogens (primary N) is 1. The Morgan fingerprint density at radius 2 is 2.23 bits per heavy atom. The maximum Gasteiger partial charge on any atom is 0.251 e. The summed E-state index contributed by atoms with van der Waals surface area (Å²) in [5, 5.41) is 0. The first-order chi connectivity index (χ1) is 10.7. The molecule has 1 aromatic heterocycles. The van der Waals surface area contributed by atoms with Crippen LogP contribution in [0.2, 0.25) is 0 Å². The highest BCUT2D eigenvalue weighted by molar-refractivity contribution is 6.03. The van der Waals surface area contributed by atoms with Gasteiger partial charge in [0.1, 0.15) is 5.52 Å². The quantitative estimate of drug-likeness (QED) is 0.944. The number of aromatic nitrogens is 1. The molecule has 1 aliphatic heterocycles. The van der Waals surface area contributed by atoms with E-state index in [1.54, 1.807) is 12.1 Å². The lowest BCUT2D eigenvalue weighted by Crippen LogP contribution is -2.43. The van der Waals surface area contributed by atoms with Gasteiger partial charge in [0, 0.05) is 12.6 Å². The summed E-state index contributed by atoms with van der Waals surface area (Å²) in [4.78, 5) is 19.0. The van der Waals surface area contributed by atoms with Crippen LogP contribution in [0.1, 0.15) is 48.4 Å². The fraction of sp³-hybridized carbons (Fsp3) is 0.529. The highest BCUT2D eigenvalue weighted by atomic mass is 16.4. The Labute approximate surface area is 128 Å². The van der Waals surface area contributed by atoms with Gasteiger partial charge in [0.05, 0.1) is 11.1 Å². The molecule has 1 amide bonds. The second-order valence-corrected chi connectivity index (χ2v) is 7.06. The molecule has 3 aliphatic rings. The van der Waals surface area contributed by atoms with Crippen molar-refractivity contribution in [3.63, 3.8) is 0 Å². The van der Waals surface area contributed by atoms with Gasteiger partial charge in [-0.1, -0.05) is 6.07 Å². The summed E-state index contributed by atoms with van der Waals surface area (Å²) in [6, 6.07) is 6.10. The van der Waals surface area contributed by atoms with Crippen molar-refractivity contribution >= 4 is 17.0 Å². The minimum absolute atomic E-state index is 0.0419. The van der Waals surface area contributed by atoms with E-state index in [9.17, 15) is 4.79 Å². The predicted molar refractivity (Wildman–Crippen MR) is 81.3 cm³/mol. The maximum atomic E-state index is 11.6. The lowest BCUT2D eigenvalue weighted by molar-refractivity contribution is 0.0802. The van der Waals surface area contributed by atoms with E-state index in [0.29, 0.717) is 22.7 Å². The number of para-hydroxylation sites is 1. The third kappa shape index (κ3) is 1.57. The van der Waals surface area contributed by atoms with E-state index < -0.39 is 5.91 Å². The number of likely N-dealkylation sites (tertiary alicyclic amines) is 1. The number of hydrogen-bond donors (Lipinski definition) is 1. The van der Waals surface area contributed by atoms with Crippen LogP contribution in [-0.4, -0.2) is 28.4 Å². The molecule has 0 unspecified atom stereocenters. The van der Waals surface area contributed by atoms with E-state index in [0.717, 1.165) is 24.7 Å². The molecule has 3 fully saturated rings. The third-order valence-electron chi connectivity index (χ3n) is 5.67. The van der Waals surface area contributed by atoms with Gasteiger partial charge in [-0.3, -0.25) is 9.69 Å². The number of carbonyl (C=O) groups excluding carboxylic acids is 1. The standard InChI is InChI=1S/C17H19N3O2/c18-15(21)12-2-1-3-13-14(12)19-16(22-13)17-7-6-10(8-17)9-20(17)11-4-5-11/h1-3,10-11H,4-9H2,(H2,18,21)/t10-,17+/m0/s1. The van der Waals surface area contributed by atoms with E-state index in [1.165, 1.54) is 25.8 Å². The molecule has 1 saturated heterocycles. The molecule has 2 N–H and O–H groups in total. The van der Waals surface area contributed by atoms with E-state index >= 15 is 0 Å². The molecule has 5 rings (SSSR count). The molecule has 1 aromatic carbocycles. The largest absolute Gasteiger partial charge is 0.439 e. The minimum Gasteiger partial charge on any atom is -0.439 e. The van der Waals surface area contributed by atoms with Gasteiger partial charge >= 0.3 is 0 Å². The van der Waals surface area contributed by atoms with Crippen LogP contribution >= 0.6 is 0 Å². The molecule has 114 valence electrons. The van der Waals surface area contributed by atoms with Crippen LogP contribution in [0.3, 0.4) is 0 Å². The number of primary amides is 1. The number of nitrogens with zero attached hydrogens (tertiary/aromatic N) is 2. The number of benzene rings is 1. The van der Waals surface area contributed by atoms with E-state index in [-0.39, 0.29) is 5.54 Å². The second kappa shape index (κ2) is 4.10. The van der Waals surface area contributed by atoms with Crippen molar-refractivity contribution in [2.75, 3.05) is 6.54 Å². The molecule has 5 nitrogen and oxygen atoms in total. The molecule has 2 atom stereocenters. The maximum absolute atomic E-state index is 11.6. The van der Waals surface area contributed by atoms with Gasteiger partial charge in [0.15, 0.2) is 5.58 Å². The zero-order chi connectivity index (χ0) is 14.9. The van der Waals surface area contributed by atoms with Gasteiger partial charge in [-0.05, 0) is 50.2 Å². The normalized spacial score (nSPS) is 31.2. The molecular formula is C17H19N3O2. The van der Waals surface area contributed by atoms with Crippen LogP contribution in [0, 0.1) is 5.92 Å². The molecule has 2 saturated carbocycles.